The van der Waals surface area contributed by atoms with Crippen LogP contribution in [0.1, 0.15) is 128 Å². The standard InChI is InChI=1S/C66H85BN2O18S/c1-35-25-36(2)27-55(81-7)60-56(82-8)30-39(5)66(80,86-60)61(74)62(75)69-23-12-11-15-49(69)64(78)85-58(38(4)29-41-16-21-53(37(3)28-41)87-88-34-67)40(6)51(72)32-52(73)42(26-35)22-24-83-65(79)68-33-48-50(71)20-19-47-57(44-13-9-10-14-45(44)63(76)77)46-18-17-43(70)31-54(46)84-59(47)48/h9-10,13-14,17-20,26,29,31,36-37,39-42,49,51,53,55-56,58,60,71-72,80H,11-12,15-16,21-25,27-28,30,32-34,67H2,1-8H3,(H,68,79)(H,76,77)/b35-26+,38-29+/t36-,37?,39?,40+,41?,42+,49?,51?,53+,55-,56?,58+,60?,66?/m0/s1/i67TD,72T. The van der Waals surface area contributed by atoms with Gasteiger partial charge in [-0.2, -0.15) is 0 Å². The Balaban J connectivity index is 1.09. The van der Waals surface area contributed by atoms with Crippen molar-refractivity contribution in [2.24, 2.45) is 35.5 Å². The summed E-state index contributed by atoms with van der Waals surface area (Å²) in [7, 11) is 1.92. The van der Waals surface area contributed by atoms with Crippen molar-refractivity contribution in [3.05, 3.63) is 99.2 Å². The number of carboxylic acid groups (broad SMARTS) is 1. The third-order valence-corrected chi connectivity index (χ3v) is 18.7. The molecule has 1 saturated carbocycles. The molecule has 3 fully saturated rings. The zero-order chi connectivity index (χ0) is 66.0. The number of aromatic hydroxyl groups is 1. The number of rotatable bonds is 16. The maximum absolute atomic E-state index is 15.0. The molecule has 14 atom stereocenters. The first-order valence-corrected chi connectivity index (χ1v) is 31.4. The molecular formula is C66H85BN2O18S. The molecule has 2 aromatic rings. The van der Waals surface area contributed by atoms with E-state index in [-0.39, 0.29) is 114 Å². The van der Waals surface area contributed by atoms with Gasteiger partial charge in [0, 0.05) is 67.5 Å². The van der Waals surface area contributed by atoms with E-state index in [9.17, 15) is 48.9 Å². The number of hydrogen-bond acceptors (Lipinski definition) is 18. The molecule has 0 radical (unpaired) electrons. The largest absolute Gasteiger partial charge is 0.507 e. The fourth-order valence-electron chi connectivity index (χ4n) is 13.4. The van der Waals surface area contributed by atoms with Gasteiger partial charge in [-0.1, -0.05) is 63.6 Å². The number of aromatic carboxylic acids is 1. The van der Waals surface area contributed by atoms with Crippen molar-refractivity contribution in [2.45, 2.75) is 167 Å². The number of methoxy groups -OCH3 is 2. The predicted molar refractivity (Wildman–Crippen MR) is 332 cm³/mol. The molecule has 0 aromatic heterocycles. The van der Waals surface area contributed by atoms with E-state index in [1.807, 2.05) is 19.9 Å². The number of piperidine rings is 1. The van der Waals surface area contributed by atoms with Crippen molar-refractivity contribution in [2.75, 3.05) is 33.0 Å². The number of nitrogens with one attached hydrogen (secondary N) is 1. The number of carbonyl (C=O) groups is 6. The smallest absolute Gasteiger partial charge is 0.407 e. The zero-order valence-electron chi connectivity index (χ0n) is 54.4. The number of fused-ring (bicyclic) bond motifs is 5. The van der Waals surface area contributed by atoms with Gasteiger partial charge in [-0.15, -0.1) is 0 Å². The van der Waals surface area contributed by atoms with E-state index in [4.69, 9.17) is 41.5 Å². The summed E-state index contributed by atoms with van der Waals surface area (Å²) in [6.07, 6.45) is 1.54. The van der Waals surface area contributed by atoms with Gasteiger partial charge in [0.2, 0.25) is 7.22 Å². The molecule has 2 saturated heterocycles. The van der Waals surface area contributed by atoms with Crippen LogP contribution in [0.2, 0.25) is 0 Å². The van der Waals surface area contributed by atoms with Gasteiger partial charge in [0.1, 0.15) is 48.9 Å². The molecule has 88 heavy (non-hydrogen) atoms. The van der Waals surface area contributed by atoms with E-state index in [2.05, 4.69) is 12.2 Å². The molecule has 2 amide bonds. The summed E-state index contributed by atoms with van der Waals surface area (Å²) >= 11 is 1.11. The third-order valence-electron chi connectivity index (χ3n) is 18.2. The molecule has 5 N–H and O–H groups in total. The number of benzene rings is 3. The number of esters is 1. The number of ketones is 2. The molecule has 2 aromatic carbocycles. The van der Waals surface area contributed by atoms with Crippen LogP contribution in [-0.4, -0.2) is 154 Å². The number of ether oxygens (including phenoxy) is 5. The lowest BCUT2D eigenvalue weighted by molar-refractivity contribution is -0.302. The Bertz CT molecular complexity index is 3370. The third kappa shape index (κ3) is 15.4. The Morgan fingerprint density at radius 1 is 0.966 bits per heavy atom. The highest BCUT2D eigenvalue weighted by molar-refractivity contribution is 7.95. The van der Waals surface area contributed by atoms with E-state index >= 15 is 0 Å². The van der Waals surface area contributed by atoms with E-state index in [0.717, 1.165) is 22.5 Å². The second-order valence-electron chi connectivity index (χ2n) is 24.5. The second kappa shape index (κ2) is 29.9. The minimum atomic E-state index is -2.63. The Hall–Kier alpha value is -6.40. The number of phenolic OH excluding ortho intramolecular Hbond substituents is 1. The van der Waals surface area contributed by atoms with Crippen molar-refractivity contribution < 1.29 is 81.5 Å². The normalized spacial score (nSPS) is 31.0. The molecule has 20 nitrogen and oxygen atoms in total. The Labute approximate surface area is 523 Å². The van der Waals surface area contributed by atoms with Gasteiger partial charge in [-0.3, -0.25) is 19.2 Å². The van der Waals surface area contributed by atoms with Gasteiger partial charge in [0.25, 0.3) is 11.7 Å². The molecule has 4 aliphatic heterocycles. The first-order chi connectivity index (χ1) is 43.4. The number of cyclic esters (lactones) is 1. The van der Waals surface area contributed by atoms with Crippen molar-refractivity contribution in [3.8, 4) is 28.2 Å². The lowest BCUT2D eigenvalue weighted by Crippen LogP contribution is -2.64. The van der Waals surface area contributed by atoms with Crippen LogP contribution in [0.5, 0.6) is 5.75 Å². The van der Waals surface area contributed by atoms with Crippen molar-refractivity contribution in [1.82, 2.24) is 10.2 Å². The molecule has 6 aliphatic rings. The highest BCUT2D eigenvalue weighted by Crippen LogP contribution is 2.45. The molecule has 0 spiro atoms. The Morgan fingerprint density at radius 3 is 2.45 bits per heavy atom. The predicted octanol–water partition coefficient (Wildman–Crippen LogP) is 8.55. The van der Waals surface area contributed by atoms with E-state index in [0.29, 0.717) is 72.6 Å². The summed E-state index contributed by atoms with van der Waals surface area (Å²) in [5, 5.41) is 42.3. The van der Waals surface area contributed by atoms with Crippen LogP contribution in [0.4, 0.5) is 4.79 Å². The van der Waals surface area contributed by atoms with Crippen molar-refractivity contribution in [1.29, 1.82) is 4.10 Å². The lowest BCUT2D eigenvalue weighted by atomic mass is 9.78. The number of aliphatic hydroxyl groups is 2. The van der Waals surface area contributed by atoms with Crippen LogP contribution in [0.3, 0.4) is 0 Å². The molecule has 2 aliphatic carbocycles. The fourth-order valence-corrected chi connectivity index (χ4v) is 13.9. The SMILES string of the molecule is [2H]B([3H])CSO[C@@H]1CCC(/C=C(\C)[C@H]2OC(=O)C3CCCCN3C(=O)C(=O)C3(O)OC(C(OC)CC3C)[C@@H](OC)C[C@@H](C)C/C(C)=C/[C@@H](CCOC(=O)NCc3c(O)ccc4c(-c5ccccc5C(=O)O)c5ccc(=O)cc-5oc34)C(=O)CC(O[3H])[C@H]2C)CC1C. The molecular weight excluding hydrogens is 1150 g/mol. The van der Waals surface area contributed by atoms with Crippen LogP contribution >= 0.6 is 12.0 Å². The van der Waals surface area contributed by atoms with Crippen LogP contribution < -0.4 is 10.7 Å². The second-order valence-corrected chi connectivity index (χ2v) is 25.2. The molecule has 476 valence electrons. The maximum atomic E-state index is 15.0. The van der Waals surface area contributed by atoms with Gasteiger partial charge in [0.15, 0.2) is 5.43 Å². The zero-order valence-corrected chi connectivity index (χ0v) is 52.2. The summed E-state index contributed by atoms with van der Waals surface area (Å²) in [6, 6.07) is 12.1. The maximum Gasteiger partial charge on any atom is 0.407 e. The number of aliphatic hydroxyl groups excluding tert-OH is 1. The van der Waals surface area contributed by atoms with Crippen molar-refractivity contribution in [3.63, 3.8) is 0 Å². The highest BCUT2D eigenvalue weighted by atomic mass is 32.2. The van der Waals surface area contributed by atoms with Crippen molar-refractivity contribution >= 4 is 66.3 Å². The van der Waals surface area contributed by atoms with E-state index in [1.54, 1.807) is 51.1 Å². The minimum Gasteiger partial charge on any atom is -0.507 e. The summed E-state index contributed by atoms with van der Waals surface area (Å²) in [6.45, 7) is 10.3. The Kier molecular flexibility index (Phi) is 21.5. The number of carbonyl (C=O) groups excluding carboxylic acids is 5. The monoisotopic (exact) mass is 1240 g/mol. The number of allylic oxidation sites excluding steroid dienone is 3. The van der Waals surface area contributed by atoms with Gasteiger partial charge >= 0.3 is 18.0 Å². The molecule has 22 heteroatoms. The van der Waals surface area contributed by atoms with Crippen LogP contribution in [-0.2, 0) is 53.6 Å². The Morgan fingerprint density at radius 2 is 1.73 bits per heavy atom. The van der Waals surface area contributed by atoms with Crippen LogP contribution in [0.25, 0.3) is 33.4 Å². The number of phenols is 1. The first kappa shape index (κ1) is 63.2. The summed E-state index contributed by atoms with van der Waals surface area (Å²) in [5.74, 6) is -10.4. The topological polar surface area (TPSA) is 284 Å². The number of Topliss-reactive ketones (excluding diaryl/α,β-unsaturated/α-hetero) is 2. The van der Waals surface area contributed by atoms with Crippen LogP contribution in [0, 0.1) is 35.5 Å². The molecule has 8 rings (SSSR count). The number of alkyl carbamates (subject to hydrolysis) is 1. The van der Waals surface area contributed by atoms with Crippen LogP contribution in [0.15, 0.2) is 87.1 Å². The quantitative estimate of drug-likeness (QED) is 0.0175. The number of amides is 2. The molecule has 2 bridgehead atoms. The molecule has 4 heterocycles. The molecule has 8 unspecified atom stereocenters. The average molecular weight is 1240 g/mol. The van der Waals surface area contributed by atoms with Gasteiger partial charge in [-0.05, 0) is 158 Å². The number of carboxylic acids is 1. The number of nitrogens with zero attached hydrogens (tertiary/aromatic N) is 1. The summed E-state index contributed by atoms with van der Waals surface area (Å²) in [5.41, 5.74) is 2.50. The van der Waals surface area contributed by atoms with E-state index < -0.39 is 97.6 Å². The fraction of sp³-hybridized carbons (Fsp3) is 0.561. The minimum absolute atomic E-state index is 0.00477. The highest BCUT2D eigenvalue weighted by Gasteiger charge is 2.57. The first-order valence-electron chi connectivity index (χ1n) is 32.0. The van der Waals surface area contributed by atoms with Gasteiger partial charge in [-0.25, -0.2) is 14.4 Å². The van der Waals surface area contributed by atoms with Gasteiger partial charge < -0.3 is 62.9 Å². The van der Waals surface area contributed by atoms with E-state index in [1.165, 1.54) is 44.6 Å². The summed E-state index contributed by atoms with van der Waals surface area (Å²) < 4.78 is 66.3. The number of hydrogen-bond donors (Lipinski definition) is 5. The summed E-state index contributed by atoms with van der Waals surface area (Å²) in [4.78, 5) is 99.0. The lowest BCUT2D eigenvalue weighted by Gasteiger charge is -2.47. The van der Waals surface area contributed by atoms with Gasteiger partial charge in [0.05, 0.1) is 48.7 Å². The average Bonchev–Trinajstić information content (AvgIpc) is 0.779.